The molecule has 0 aliphatic heterocycles. The standard InChI is InChI=1S/C12H13F4NO2/c1-12(2,3-4-18)17-11(19)6-5-7(13)9(15)10(16)8(6)14/h5,18H,3-4H2,1-2H3,(H,17,19). The highest BCUT2D eigenvalue weighted by molar-refractivity contribution is 5.95. The number of carbonyl (C=O) groups excluding carboxylic acids is 1. The van der Waals surface area contributed by atoms with E-state index in [-0.39, 0.29) is 19.1 Å². The van der Waals surface area contributed by atoms with Crippen LogP contribution in [0.25, 0.3) is 0 Å². The van der Waals surface area contributed by atoms with Crippen molar-refractivity contribution in [3.63, 3.8) is 0 Å². The predicted molar refractivity (Wildman–Crippen MR) is 59.5 cm³/mol. The Balaban J connectivity index is 3.08. The number of nitrogens with one attached hydrogen (secondary N) is 1. The van der Waals surface area contributed by atoms with Crippen LogP contribution in [0, 0.1) is 23.3 Å². The molecule has 19 heavy (non-hydrogen) atoms. The number of aliphatic hydroxyl groups is 1. The number of aliphatic hydroxyl groups excluding tert-OH is 1. The Kier molecular flexibility index (Phi) is 4.52. The number of hydrogen-bond donors (Lipinski definition) is 2. The average molecular weight is 279 g/mol. The molecule has 106 valence electrons. The molecule has 0 bridgehead atoms. The lowest BCUT2D eigenvalue weighted by Crippen LogP contribution is -2.44. The van der Waals surface area contributed by atoms with Gasteiger partial charge in [-0.1, -0.05) is 0 Å². The van der Waals surface area contributed by atoms with Crippen molar-refractivity contribution in [1.29, 1.82) is 0 Å². The summed E-state index contributed by atoms with van der Waals surface area (Å²) in [6.45, 7) is 2.84. The number of carbonyl (C=O) groups is 1. The Bertz CT molecular complexity index is 503. The molecule has 2 N–H and O–H groups in total. The Hall–Kier alpha value is -1.63. The summed E-state index contributed by atoms with van der Waals surface area (Å²) < 4.78 is 52.0. The molecule has 1 amide bonds. The number of halogens is 4. The maximum absolute atomic E-state index is 13.4. The van der Waals surface area contributed by atoms with E-state index in [1.807, 2.05) is 0 Å². The maximum atomic E-state index is 13.4. The summed E-state index contributed by atoms with van der Waals surface area (Å²) in [5.41, 5.74) is -1.83. The van der Waals surface area contributed by atoms with E-state index in [9.17, 15) is 22.4 Å². The highest BCUT2D eigenvalue weighted by Crippen LogP contribution is 2.19. The van der Waals surface area contributed by atoms with E-state index in [1.165, 1.54) is 13.8 Å². The van der Waals surface area contributed by atoms with Crippen LogP contribution in [-0.4, -0.2) is 23.2 Å². The van der Waals surface area contributed by atoms with Crippen LogP contribution in [-0.2, 0) is 0 Å². The van der Waals surface area contributed by atoms with Gasteiger partial charge in [0.05, 0.1) is 5.56 Å². The second kappa shape index (κ2) is 5.56. The van der Waals surface area contributed by atoms with E-state index < -0.39 is 40.3 Å². The summed E-state index contributed by atoms with van der Waals surface area (Å²) in [4.78, 5) is 11.7. The molecule has 0 heterocycles. The number of rotatable bonds is 4. The molecule has 0 aliphatic carbocycles. The Labute approximate surface area is 107 Å². The zero-order valence-corrected chi connectivity index (χ0v) is 10.4. The average Bonchev–Trinajstić information content (AvgIpc) is 2.30. The van der Waals surface area contributed by atoms with Crippen LogP contribution in [0.5, 0.6) is 0 Å². The molecule has 1 aromatic carbocycles. The van der Waals surface area contributed by atoms with Crippen LogP contribution in [0.3, 0.4) is 0 Å². The molecular weight excluding hydrogens is 266 g/mol. The SMILES string of the molecule is CC(C)(CCO)NC(=O)c1cc(F)c(F)c(F)c1F. The van der Waals surface area contributed by atoms with Gasteiger partial charge in [-0.2, -0.15) is 0 Å². The van der Waals surface area contributed by atoms with Gasteiger partial charge in [-0.25, -0.2) is 17.6 Å². The number of hydrogen-bond acceptors (Lipinski definition) is 2. The molecule has 3 nitrogen and oxygen atoms in total. The van der Waals surface area contributed by atoms with Gasteiger partial charge >= 0.3 is 0 Å². The highest BCUT2D eigenvalue weighted by atomic mass is 19.2. The number of benzene rings is 1. The normalized spacial score (nSPS) is 11.5. The van der Waals surface area contributed by atoms with E-state index in [1.54, 1.807) is 0 Å². The van der Waals surface area contributed by atoms with Crippen molar-refractivity contribution >= 4 is 5.91 Å². The lowest BCUT2D eigenvalue weighted by atomic mass is 10.0. The van der Waals surface area contributed by atoms with Crippen molar-refractivity contribution in [2.24, 2.45) is 0 Å². The van der Waals surface area contributed by atoms with Crippen LogP contribution in [0.15, 0.2) is 6.07 Å². The number of amides is 1. The monoisotopic (exact) mass is 279 g/mol. The largest absolute Gasteiger partial charge is 0.396 e. The lowest BCUT2D eigenvalue weighted by Gasteiger charge is -2.25. The van der Waals surface area contributed by atoms with Crippen LogP contribution in [0.2, 0.25) is 0 Å². The van der Waals surface area contributed by atoms with Gasteiger partial charge in [0.15, 0.2) is 23.3 Å². The molecule has 0 radical (unpaired) electrons. The summed E-state index contributed by atoms with van der Waals surface area (Å²) in [5.74, 6) is -8.50. The van der Waals surface area contributed by atoms with Crippen LogP contribution in [0.1, 0.15) is 30.6 Å². The van der Waals surface area contributed by atoms with E-state index in [2.05, 4.69) is 5.32 Å². The first-order valence-corrected chi connectivity index (χ1v) is 5.46. The first-order chi connectivity index (χ1) is 8.69. The van der Waals surface area contributed by atoms with Crippen LogP contribution >= 0.6 is 0 Å². The highest BCUT2D eigenvalue weighted by Gasteiger charge is 2.26. The minimum Gasteiger partial charge on any atom is -0.396 e. The predicted octanol–water partition coefficient (Wildman–Crippen LogP) is 2.13. The summed E-state index contributed by atoms with van der Waals surface area (Å²) in [6, 6.07) is 0.290. The third kappa shape index (κ3) is 3.44. The molecule has 0 fully saturated rings. The topological polar surface area (TPSA) is 49.3 Å². The van der Waals surface area contributed by atoms with E-state index in [4.69, 9.17) is 5.11 Å². The zero-order chi connectivity index (χ0) is 14.8. The second-order valence-corrected chi connectivity index (χ2v) is 4.66. The van der Waals surface area contributed by atoms with Gasteiger partial charge in [0.1, 0.15) is 0 Å². The Morgan fingerprint density at radius 3 is 2.32 bits per heavy atom. The van der Waals surface area contributed by atoms with Gasteiger partial charge in [-0.3, -0.25) is 4.79 Å². The van der Waals surface area contributed by atoms with Crippen molar-refractivity contribution in [3.05, 3.63) is 34.9 Å². The van der Waals surface area contributed by atoms with Gasteiger partial charge in [0, 0.05) is 12.1 Å². The second-order valence-electron chi connectivity index (χ2n) is 4.66. The van der Waals surface area contributed by atoms with Crippen molar-refractivity contribution in [1.82, 2.24) is 5.32 Å². The minimum absolute atomic E-state index is 0.159. The molecule has 0 saturated heterocycles. The third-order valence-electron chi connectivity index (χ3n) is 2.54. The molecule has 1 rings (SSSR count). The molecular formula is C12H13F4NO2. The van der Waals surface area contributed by atoms with Gasteiger partial charge < -0.3 is 10.4 Å². The van der Waals surface area contributed by atoms with Crippen LogP contribution in [0.4, 0.5) is 17.6 Å². The fourth-order valence-electron chi connectivity index (χ4n) is 1.45. The fourth-order valence-corrected chi connectivity index (χ4v) is 1.45. The molecule has 0 aliphatic rings. The van der Waals surface area contributed by atoms with Gasteiger partial charge in [0.25, 0.3) is 5.91 Å². The summed E-state index contributed by atoms with van der Waals surface area (Å²) >= 11 is 0. The van der Waals surface area contributed by atoms with Crippen molar-refractivity contribution in [3.8, 4) is 0 Å². The van der Waals surface area contributed by atoms with Gasteiger partial charge in [0.2, 0.25) is 0 Å². The van der Waals surface area contributed by atoms with Gasteiger partial charge in [-0.05, 0) is 26.3 Å². The fraction of sp³-hybridized carbons (Fsp3) is 0.417. The summed E-state index contributed by atoms with van der Waals surface area (Å²) in [6.07, 6.45) is 0.159. The Morgan fingerprint density at radius 2 is 1.79 bits per heavy atom. The van der Waals surface area contributed by atoms with E-state index in [0.29, 0.717) is 0 Å². The van der Waals surface area contributed by atoms with Crippen molar-refractivity contribution < 1.29 is 27.5 Å². The molecule has 0 atom stereocenters. The summed E-state index contributed by atoms with van der Waals surface area (Å²) in [7, 11) is 0. The summed E-state index contributed by atoms with van der Waals surface area (Å²) in [5, 5.41) is 11.1. The zero-order valence-electron chi connectivity index (χ0n) is 10.4. The third-order valence-corrected chi connectivity index (χ3v) is 2.54. The molecule has 7 heteroatoms. The molecule has 1 aromatic rings. The minimum atomic E-state index is -2.04. The molecule has 0 unspecified atom stereocenters. The first-order valence-electron chi connectivity index (χ1n) is 5.46. The van der Waals surface area contributed by atoms with E-state index >= 15 is 0 Å². The smallest absolute Gasteiger partial charge is 0.254 e. The first kappa shape index (κ1) is 15.4. The van der Waals surface area contributed by atoms with Crippen molar-refractivity contribution in [2.75, 3.05) is 6.61 Å². The van der Waals surface area contributed by atoms with Crippen LogP contribution < -0.4 is 5.32 Å². The maximum Gasteiger partial charge on any atom is 0.254 e. The Morgan fingerprint density at radius 1 is 1.21 bits per heavy atom. The molecule has 0 spiro atoms. The van der Waals surface area contributed by atoms with Crippen molar-refractivity contribution in [2.45, 2.75) is 25.8 Å². The van der Waals surface area contributed by atoms with E-state index in [0.717, 1.165) is 0 Å². The molecule has 0 aromatic heterocycles. The molecule has 0 saturated carbocycles. The quantitative estimate of drug-likeness (QED) is 0.504. The lowest BCUT2D eigenvalue weighted by molar-refractivity contribution is 0.0893. The van der Waals surface area contributed by atoms with Gasteiger partial charge in [-0.15, -0.1) is 0 Å².